The minimum atomic E-state index is -0.0581. The van der Waals surface area contributed by atoms with Crippen LogP contribution in [0.2, 0.25) is 0 Å². The van der Waals surface area contributed by atoms with Crippen molar-refractivity contribution < 1.29 is 14.0 Å². The number of pyridine rings is 1. The number of hydrogen-bond donors (Lipinski definition) is 0. The summed E-state index contributed by atoms with van der Waals surface area (Å²) in [5, 5.41) is 0. The highest BCUT2D eigenvalue weighted by Gasteiger charge is 2.35. The van der Waals surface area contributed by atoms with Gasteiger partial charge in [0, 0.05) is 37.8 Å². The number of fused-ring (bicyclic) bond motifs is 1. The van der Waals surface area contributed by atoms with E-state index in [1.54, 1.807) is 12.1 Å². The summed E-state index contributed by atoms with van der Waals surface area (Å²) >= 11 is 0. The quantitative estimate of drug-likeness (QED) is 0.704. The van der Waals surface area contributed by atoms with E-state index in [1.807, 2.05) is 24.0 Å². The summed E-state index contributed by atoms with van der Waals surface area (Å²) in [6, 6.07) is 7.39. The van der Waals surface area contributed by atoms with Crippen LogP contribution in [0.15, 0.2) is 34.9 Å². The highest BCUT2D eigenvalue weighted by Crippen LogP contribution is 2.37. The van der Waals surface area contributed by atoms with Crippen LogP contribution in [0.4, 0.5) is 0 Å². The number of likely N-dealkylation sites (tertiary alicyclic amines) is 2. The van der Waals surface area contributed by atoms with Crippen LogP contribution in [0.1, 0.15) is 83.2 Å². The molecule has 2 saturated heterocycles. The first-order chi connectivity index (χ1) is 15.6. The Bertz CT molecular complexity index is 963. The van der Waals surface area contributed by atoms with Crippen LogP contribution in [0, 0.1) is 18.8 Å². The maximum Gasteiger partial charge on any atom is 0.289 e. The van der Waals surface area contributed by atoms with Gasteiger partial charge in [-0.1, -0.05) is 19.3 Å². The van der Waals surface area contributed by atoms with E-state index in [2.05, 4.69) is 4.90 Å². The Morgan fingerprint density at radius 3 is 2.41 bits per heavy atom. The summed E-state index contributed by atoms with van der Waals surface area (Å²) in [5.74, 6) is 2.14. The standard InChI is InChI=1S/C26H33N3O3/c1-18-8-9-22(25(30)29-15-10-19-5-2-3-6-21(19)17-29)24(27-18)20-11-13-28(14-12-20)26(31)23-7-4-16-32-23/h4,7-9,16,19-21H,2-3,5-6,10-15,17H2,1H3. The molecule has 2 aliphatic heterocycles. The van der Waals surface area contributed by atoms with Crippen molar-refractivity contribution in [3.05, 3.63) is 53.2 Å². The van der Waals surface area contributed by atoms with Crippen molar-refractivity contribution in [3.63, 3.8) is 0 Å². The summed E-state index contributed by atoms with van der Waals surface area (Å²) in [6.45, 7) is 5.05. The molecule has 3 fully saturated rings. The Morgan fingerprint density at radius 2 is 1.66 bits per heavy atom. The zero-order valence-electron chi connectivity index (χ0n) is 19.0. The molecule has 1 saturated carbocycles. The first-order valence-corrected chi connectivity index (χ1v) is 12.2. The molecule has 1 aliphatic carbocycles. The molecule has 6 heteroatoms. The van der Waals surface area contributed by atoms with Gasteiger partial charge in [0.05, 0.1) is 17.5 Å². The number of piperidine rings is 2. The lowest BCUT2D eigenvalue weighted by atomic mass is 9.75. The van der Waals surface area contributed by atoms with Crippen LogP contribution in [0.25, 0.3) is 0 Å². The predicted octanol–water partition coefficient (Wildman–Crippen LogP) is 4.66. The second-order valence-corrected chi connectivity index (χ2v) is 9.77. The number of aryl methyl sites for hydroxylation is 1. The summed E-state index contributed by atoms with van der Waals surface area (Å²) in [6.07, 6.45) is 9.54. The van der Waals surface area contributed by atoms with Crippen molar-refractivity contribution >= 4 is 11.8 Å². The lowest BCUT2D eigenvalue weighted by molar-refractivity contribution is 0.0516. The van der Waals surface area contributed by atoms with Crippen LogP contribution < -0.4 is 0 Å². The molecule has 5 rings (SSSR count). The molecular formula is C26H33N3O3. The Balaban J connectivity index is 1.30. The van der Waals surface area contributed by atoms with E-state index in [9.17, 15) is 9.59 Å². The van der Waals surface area contributed by atoms with Crippen molar-refractivity contribution in [3.8, 4) is 0 Å². The Morgan fingerprint density at radius 1 is 0.906 bits per heavy atom. The molecule has 4 heterocycles. The van der Waals surface area contributed by atoms with Gasteiger partial charge in [-0.25, -0.2) is 0 Å². The fourth-order valence-electron chi connectivity index (χ4n) is 5.94. The molecule has 0 bridgehead atoms. The Labute approximate surface area is 190 Å². The maximum absolute atomic E-state index is 13.6. The molecule has 0 N–H and O–H groups in total. The average Bonchev–Trinajstić information content (AvgIpc) is 3.38. The van der Waals surface area contributed by atoms with E-state index in [0.717, 1.165) is 55.2 Å². The van der Waals surface area contributed by atoms with Crippen molar-refractivity contribution in [2.24, 2.45) is 11.8 Å². The molecule has 2 unspecified atom stereocenters. The SMILES string of the molecule is Cc1ccc(C(=O)N2CCC3CCCCC3C2)c(C2CCN(C(=O)c3ccco3)CC2)n1. The fraction of sp³-hybridized carbons (Fsp3) is 0.577. The van der Waals surface area contributed by atoms with E-state index >= 15 is 0 Å². The van der Waals surface area contributed by atoms with E-state index in [4.69, 9.17) is 9.40 Å². The minimum absolute atomic E-state index is 0.0581. The molecule has 2 aromatic rings. The third-order valence-corrected chi connectivity index (χ3v) is 7.77. The number of nitrogens with zero attached hydrogens (tertiary/aromatic N) is 3. The van der Waals surface area contributed by atoms with Crippen LogP contribution in [-0.2, 0) is 0 Å². The molecular weight excluding hydrogens is 402 g/mol. The minimum Gasteiger partial charge on any atom is -0.459 e. The van der Waals surface area contributed by atoms with E-state index < -0.39 is 0 Å². The van der Waals surface area contributed by atoms with Crippen molar-refractivity contribution in [1.82, 2.24) is 14.8 Å². The molecule has 0 radical (unpaired) electrons. The molecule has 6 nitrogen and oxygen atoms in total. The van der Waals surface area contributed by atoms with E-state index in [1.165, 1.54) is 31.9 Å². The molecule has 0 aromatic carbocycles. The number of rotatable bonds is 3. The number of amides is 2. The second-order valence-electron chi connectivity index (χ2n) is 9.77. The van der Waals surface area contributed by atoms with Crippen molar-refractivity contribution in [1.29, 1.82) is 0 Å². The van der Waals surface area contributed by atoms with Gasteiger partial charge >= 0.3 is 0 Å². The summed E-state index contributed by atoms with van der Waals surface area (Å²) < 4.78 is 5.28. The lowest BCUT2D eigenvalue weighted by Gasteiger charge is -2.41. The average molecular weight is 436 g/mol. The van der Waals surface area contributed by atoms with Gasteiger partial charge in [0.1, 0.15) is 0 Å². The topological polar surface area (TPSA) is 66.7 Å². The van der Waals surface area contributed by atoms with Crippen LogP contribution in [0.5, 0.6) is 0 Å². The fourth-order valence-corrected chi connectivity index (χ4v) is 5.94. The number of carbonyl (C=O) groups is 2. The van der Waals surface area contributed by atoms with Crippen LogP contribution in [-0.4, -0.2) is 52.8 Å². The van der Waals surface area contributed by atoms with Crippen LogP contribution >= 0.6 is 0 Å². The Hall–Kier alpha value is -2.63. The number of hydrogen-bond acceptors (Lipinski definition) is 4. The van der Waals surface area contributed by atoms with Gasteiger partial charge in [0.15, 0.2) is 5.76 Å². The third-order valence-electron chi connectivity index (χ3n) is 7.77. The smallest absolute Gasteiger partial charge is 0.289 e. The Kier molecular flexibility index (Phi) is 6.03. The lowest BCUT2D eigenvalue weighted by Crippen LogP contribution is -2.45. The van der Waals surface area contributed by atoms with Crippen molar-refractivity contribution in [2.75, 3.05) is 26.2 Å². The van der Waals surface area contributed by atoms with E-state index in [-0.39, 0.29) is 17.7 Å². The molecule has 2 amide bonds. The molecule has 170 valence electrons. The number of carbonyl (C=O) groups excluding carboxylic acids is 2. The highest BCUT2D eigenvalue weighted by molar-refractivity contribution is 5.95. The van der Waals surface area contributed by atoms with Gasteiger partial charge in [0.25, 0.3) is 11.8 Å². The molecule has 3 aliphatic rings. The summed E-state index contributed by atoms with van der Waals surface area (Å²) in [7, 11) is 0. The third kappa shape index (κ3) is 4.19. The summed E-state index contributed by atoms with van der Waals surface area (Å²) in [5.41, 5.74) is 2.63. The monoisotopic (exact) mass is 435 g/mol. The second kappa shape index (κ2) is 9.08. The zero-order valence-corrected chi connectivity index (χ0v) is 19.0. The highest BCUT2D eigenvalue weighted by atomic mass is 16.3. The van der Waals surface area contributed by atoms with Gasteiger partial charge in [-0.15, -0.1) is 0 Å². The molecule has 32 heavy (non-hydrogen) atoms. The molecule has 2 atom stereocenters. The number of aromatic nitrogens is 1. The van der Waals surface area contributed by atoms with Gasteiger partial charge < -0.3 is 14.2 Å². The normalized spacial score (nSPS) is 24.3. The summed E-state index contributed by atoms with van der Waals surface area (Å²) in [4.78, 5) is 35.0. The van der Waals surface area contributed by atoms with E-state index in [0.29, 0.717) is 24.8 Å². The first kappa shape index (κ1) is 21.2. The van der Waals surface area contributed by atoms with Gasteiger partial charge in [-0.05, 0) is 68.7 Å². The largest absolute Gasteiger partial charge is 0.459 e. The van der Waals surface area contributed by atoms with Crippen molar-refractivity contribution in [2.45, 2.75) is 57.8 Å². The van der Waals surface area contributed by atoms with Crippen LogP contribution in [0.3, 0.4) is 0 Å². The van der Waals surface area contributed by atoms with Gasteiger partial charge in [-0.3, -0.25) is 14.6 Å². The first-order valence-electron chi connectivity index (χ1n) is 12.2. The number of furan rings is 1. The van der Waals surface area contributed by atoms with Gasteiger partial charge in [0.2, 0.25) is 0 Å². The maximum atomic E-state index is 13.6. The molecule has 0 spiro atoms. The zero-order chi connectivity index (χ0) is 22.1. The van der Waals surface area contributed by atoms with Gasteiger partial charge in [-0.2, -0.15) is 0 Å². The molecule has 2 aromatic heterocycles. The predicted molar refractivity (Wildman–Crippen MR) is 122 cm³/mol.